The first kappa shape index (κ1) is 20.1. The summed E-state index contributed by atoms with van der Waals surface area (Å²) in [5, 5.41) is 4.68. The number of nitrogens with zero attached hydrogens (tertiary/aromatic N) is 4. The lowest BCUT2D eigenvalue weighted by atomic mass is 9.94. The molecule has 7 nitrogen and oxygen atoms in total. The molecule has 1 aromatic carbocycles. The van der Waals surface area contributed by atoms with E-state index in [4.69, 9.17) is 0 Å². The lowest BCUT2D eigenvalue weighted by molar-refractivity contribution is 0.0796. The van der Waals surface area contributed by atoms with Crippen LogP contribution in [0, 0.1) is 0 Å². The number of carbonyl (C=O) groups excluding carboxylic acids is 1. The summed E-state index contributed by atoms with van der Waals surface area (Å²) < 4.78 is 29.3. The topological polar surface area (TPSA) is 75.5 Å². The number of amides is 1. The van der Waals surface area contributed by atoms with Crippen LogP contribution in [0.25, 0.3) is 0 Å². The number of fused-ring (bicyclic) bond motifs is 1. The highest BCUT2D eigenvalue weighted by atomic mass is 32.2. The molecule has 1 fully saturated rings. The van der Waals surface area contributed by atoms with E-state index in [1.54, 1.807) is 21.3 Å². The average Bonchev–Trinajstić information content (AvgIpc) is 3.12. The van der Waals surface area contributed by atoms with E-state index in [1.807, 2.05) is 29.9 Å². The van der Waals surface area contributed by atoms with E-state index in [-0.39, 0.29) is 11.8 Å². The minimum atomic E-state index is -3.47. The standard InChI is InChI=1S/C21H28N4O3S/c1-3-16-5-7-18(8-6-16)29(27,28)24-13-9-17(10-14-24)19-15-20-21(26)23(2)11-4-12-25(20)22-19/h5-8,15,17H,3-4,9-14H2,1-2H3. The molecule has 0 N–H and O–H groups in total. The van der Waals surface area contributed by atoms with E-state index < -0.39 is 10.0 Å². The zero-order chi connectivity index (χ0) is 20.6. The third-order valence-electron chi connectivity index (χ3n) is 6.07. The Hall–Kier alpha value is -2.19. The molecule has 0 radical (unpaired) electrons. The van der Waals surface area contributed by atoms with Crippen molar-refractivity contribution in [2.75, 3.05) is 26.7 Å². The fraction of sp³-hybridized carbons (Fsp3) is 0.524. The summed E-state index contributed by atoms with van der Waals surface area (Å²) in [6.45, 7) is 4.48. The number of aromatic nitrogens is 2. The summed E-state index contributed by atoms with van der Waals surface area (Å²) in [5.41, 5.74) is 2.68. The predicted molar refractivity (Wildman–Crippen MR) is 110 cm³/mol. The van der Waals surface area contributed by atoms with Gasteiger partial charge in [-0.15, -0.1) is 0 Å². The second-order valence-electron chi connectivity index (χ2n) is 7.93. The number of piperidine rings is 1. The molecule has 0 aliphatic carbocycles. The molecule has 0 bridgehead atoms. The number of hydrogen-bond donors (Lipinski definition) is 0. The van der Waals surface area contributed by atoms with Crippen LogP contribution in [0.15, 0.2) is 35.2 Å². The largest absolute Gasteiger partial charge is 0.340 e. The maximum atomic E-state index is 13.0. The van der Waals surface area contributed by atoms with Gasteiger partial charge >= 0.3 is 0 Å². The van der Waals surface area contributed by atoms with E-state index in [0.717, 1.165) is 37.2 Å². The minimum Gasteiger partial charge on any atom is -0.340 e. The number of hydrogen-bond acceptors (Lipinski definition) is 4. The molecule has 2 aromatic rings. The van der Waals surface area contributed by atoms with Crippen molar-refractivity contribution in [3.05, 3.63) is 47.3 Å². The predicted octanol–water partition coefficient (Wildman–Crippen LogP) is 2.49. The van der Waals surface area contributed by atoms with Gasteiger partial charge in [-0.3, -0.25) is 9.48 Å². The normalized spacial score (nSPS) is 19.2. The summed E-state index contributed by atoms with van der Waals surface area (Å²) >= 11 is 0. The van der Waals surface area contributed by atoms with Gasteiger partial charge in [0.25, 0.3) is 5.91 Å². The highest BCUT2D eigenvalue weighted by Crippen LogP contribution is 2.31. The zero-order valence-corrected chi connectivity index (χ0v) is 17.9. The lowest BCUT2D eigenvalue weighted by Crippen LogP contribution is -2.38. The molecule has 0 unspecified atom stereocenters. The first-order valence-corrected chi connectivity index (χ1v) is 11.8. The van der Waals surface area contributed by atoms with Gasteiger partial charge in [0.1, 0.15) is 5.69 Å². The number of aryl methyl sites for hydroxylation is 2. The van der Waals surface area contributed by atoms with Crippen LogP contribution < -0.4 is 0 Å². The van der Waals surface area contributed by atoms with Gasteiger partial charge in [0.05, 0.1) is 10.6 Å². The van der Waals surface area contributed by atoms with Gasteiger partial charge in [0.2, 0.25) is 10.0 Å². The van der Waals surface area contributed by atoms with Gasteiger partial charge in [-0.05, 0) is 49.4 Å². The Bertz CT molecular complexity index is 989. The van der Waals surface area contributed by atoms with Gasteiger partial charge in [-0.1, -0.05) is 19.1 Å². The molecule has 8 heteroatoms. The molecule has 0 saturated carbocycles. The SMILES string of the molecule is CCc1ccc(S(=O)(=O)N2CCC(c3cc4n(n3)CCCN(C)C4=O)CC2)cc1. The van der Waals surface area contributed by atoms with Crippen molar-refractivity contribution in [1.29, 1.82) is 0 Å². The fourth-order valence-corrected chi connectivity index (χ4v) is 5.64. The molecule has 1 amide bonds. The number of benzene rings is 1. The number of sulfonamides is 1. The molecule has 156 valence electrons. The number of rotatable bonds is 4. The minimum absolute atomic E-state index is 0.0109. The monoisotopic (exact) mass is 416 g/mol. The second-order valence-corrected chi connectivity index (χ2v) is 9.87. The molecule has 1 saturated heterocycles. The average molecular weight is 417 g/mol. The maximum absolute atomic E-state index is 13.0. The Morgan fingerprint density at radius 1 is 1.07 bits per heavy atom. The molecule has 29 heavy (non-hydrogen) atoms. The van der Waals surface area contributed by atoms with Crippen molar-refractivity contribution in [2.24, 2.45) is 0 Å². The van der Waals surface area contributed by atoms with E-state index >= 15 is 0 Å². The Kier molecular flexibility index (Phi) is 5.48. The van der Waals surface area contributed by atoms with Crippen LogP contribution in [0.3, 0.4) is 0 Å². The Morgan fingerprint density at radius 3 is 2.41 bits per heavy atom. The molecular formula is C21H28N4O3S. The van der Waals surface area contributed by atoms with Crippen LogP contribution in [0.2, 0.25) is 0 Å². The van der Waals surface area contributed by atoms with Crippen molar-refractivity contribution in [3.63, 3.8) is 0 Å². The van der Waals surface area contributed by atoms with Crippen LogP contribution in [0.1, 0.15) is 53.8 Å². The highest BCUT2D eigenvalue weighted by molar-refractivity contribution is 7.89. The van der Waals surface area contributed by atoms with Crippen LogP contribution >= 0.6 is 0 Å². The third kappa shape index (κ3) is 3.83. The fourth-order valence-electron chi connectivity index (χ4n) is 4.17. The van der Waals surface area contributed by atoms with Gasteiger partial charge < -0.3 is 4.90 Å². The Balaban J connectivity index is 1.46. The maximum Gasteiger partial charge on any atom is 0.271 e. The highest BCUT2D eigenvalue weighted by Gasteiger charge is 2.32. The number of carbonyl (C=O) groups is 1. The van der Waals surface area contributed by atoms with E-state index in [9.17, 15) is 13.2 Å². The Labute approximate surface area is 172 Å². The molecule has 3 heterocycles. The van der Waals surface area contributed by atoms with Crippen molar-refractivity contribution < 1.29 is 13.2 Å². The van der Waals surface area contributed by atoms with Crippen molar-refractivity contribution in [3.8, 4) is 0 Å². The van der Waals surface area contributed by atoms with E-state index in [2.05, 4.69) is 12.0 Å². The van der Waals surface area contributed by atoms with Crippen LogP contribution in [-0.4, -0.2) is 60.0 Å². The van der Waals surface area contributed by atoms with Crippen LogP contribution in [0.4, 0.5) is 0 Å². The molecule has 0 spiro atoms. The van der Waals surface area contributed by atoms with Crippen molar-refractivity contribution in [2.45, 2.75) is 50.0 Å². The quantitative estimate of drug-likeness (QED) is 0.767. The van der Waals surface area contributed by atoms with E-state index in [0.29, 0.717) is 36.5 Å². The van der Waals surface area contributed by atoms with E-state index in [1.165, 1.54) is 0 Å². The van der Waals surface area contributed by atoms with Crippen molar-refractivity contribution in [1.82, 2.24) is 19.0 Å². The van der Waals surface area contributed by atoms with Gasteiger partial charge in [-0.2, -0.15) is 9.40 Å². The van der Waals surface area contributed by atoms with Crippen molar-refractivity contribution >= 4 is 15.9 Å². The lowest BCUT2D eigenvalue weighted by Gasteiger charge is -2.30. The van der Waals surface area contributed by atoms with Gasteiger partial charge in [0, 0.05) is 39.1 Å². The summed E-state index contributed by atoms with van der Waals surface area (Å²) in [4.78, 5) is 14.6. The molecule has 0 atom stereocenters. The van der Waals surface area contributed by atoms with Gasteiger partial charge in [-0.25, -0.2) is 8.42 Å². The van der Waals surface area contributed by atoms with Crippen LogP contribution in [-0.2, 0) is 23.0 Å². The summed E-state index contributed by atoms with van der Waals surface area (Å²) in [6.07, 6.45) is 3.21. The summed E-state index contributed by atoms with van der Waals surface area (Å²) in [7, 11) is -1.65. The molecule has 2 aliphatic rings. The third-order valence-corrected chi connectivity index (χ3v) is 7.98. The summed E-state index contributed by atoms with van der Waals surface area (Å²) in [5.74, 6) is 0.193. The Morgan fingerprint density at radius 2 is 1.76 bits per heavy atom. The zero-order valence-electron chi connectivity index (χ0n) is 17.0. The molecule has 4 rings (SSSR count). The molecule has 1 aromatic heterocycles. The van der Waals surface area contributed by atoms with Crippen LogP contribution in [0.5, 0.6) is 0 Å². The summed E-state index contributed by atoms with van der Waals surface area (Å²) in [6, 6.07) is 9.07. The molecule has 2 aliphatic heterocycles. The first-order valence-electron chi connectivity index (χ1n) is 10.3. The molecular weight excluding hydrogens is 388 g/mol. The smallest absolute Gasteiger partial charge is 0.271 e. The second kappa shape index (κ2) is 7.91. The van der Waals surface area contributed by atoms with Gasteiger partial charge in [0.15, 0.2) is 0 Å². The first-order chi connectivity index (χ1) is 13.9.